The molecule has 4 nitrogen and oxygen atoms in total. The van der Waals surface area contributed by atoms with Gasteiger partial charge in [0, 0.05) is 45.1 Å². The van der Waals surface area contributed by atoms with Crippen molar-refractivity contribution in [2.24, 2.45) is 0 Å². The molecule has 2 atom stereocenters. The maximum atomic E-state index is 10.6. The highest BCUT2D eigenvalue weighted by Gasteiger charge is 2.41. The molecule has 2 aromatic carbocycles. The Balaban J connectivity index is 1.86. The molecule has 0 aliphatic heterocycles. The molecular weight excluding hydrogens is 300 g/mol. The average molecular weight is 324 g/mol. The van der Waals surface area contributed by atoms with E-state index < -0.39 is 6.10 Å². The molecule has 1 aliphatic rings. The van der Waals surface area contributed by atoms with Gasteiger partial charge >= 0.3 is 0 Å². The van der Waals surface area contributed by atoms with Crippen molar-refractivity contribution in [2.45, 2.75) is 12.0 Å². The van der Waals surface area contributed by atoms with Gasteiger partial charge in [0.05, 0.1) is 12.0 Å². The molecule has 0 heterocycles. The molecule has 0 spiro atoms. The molecular formula is C20H24N2O2. The zero-order valence-electron chi connectivity index (χ0n) is 14.6. The Morgan fingerprint density at radius 3 is 1.62 bits per heavy atom. The number of aliphatic hydroxyl groups excluding tert-OH is 2. The van der Waals surface area contributed by atoms with Gasteiger partial charge in [0.25, 0.3) is 0 Å². The van der Waals surface area contributed by atoms with Gasteiger partial charge in [-0.3, -0.25) is 0 Å². The lowest BCUT2D eigenvalue weighted by Gasteiger charge is -2.36. The number of nitrogens with zero attached hydrogens (tertiary/aromatic N) is 2. The van der Waals surface area contributed by atoms with Crippen molar-refractivity contribution in [2.75, 3.05) is 38.0 Å². The van der Waals surface area contributed by atoms with Crippen molar-refractivity contribution in [3.63, 3.8) is 0 Å². The molecule has 4 heteroatoms. The first-order valence-electron chi connectivity index (χ1n) is 8.06. The lowest BCUT2D eigenvalue weighted by atomic mass is 9.73. The van der Waals surface area contributed by atoms with Crippen LogP contribution in [0, 0.1) is 0 Å². The van der Waals surface area contributed by atoms with Gasteiger partial charge in [-0.25, -0.2) is 0 Å². The normalized spacial score (nSPS) is 19.9. The molecule has 24 heavy (non-hydrogen) atoms. The van der Waals surface area contributed by atoms with Crippen LogP contribution in [0.1, 0.15) is 17.0 Å². The summed E-state index contributed by atoms with van der Waals surface area (Å²) in [5.74, 6) is -0.0811. The standard InChI is InChI=1S/C20H24N2O2/c1-21(2)15-9-5-13(6-10-15)17-19(23)18(20(17)24)14-7-11-16(12-8-14)22(3)4/h5-12,17,19,23-24H,1-4H3. The molecule has 1 aliphatic carbocycles. The third-order valence-electron chi connectivity index (χ3n) is 4.65. The van der Waals surface area contributed by atoms with E-state index in [2.05, 4.69) is 0 Å². The minimum absolute atomic E-state index is 0.262. The maximum Gasteiger partial charge on any atom is 0.109 e. The van der Waals surface area contributed by atoms with E-state index in [-0.39, 0.29) is 11.7 Å². The molecule has 2 aromatic rings. The minimum Gasteiger partial charge on any atom is -0.511 e. The summed E-state index contributed by atoms with van der Waals surface area (Å²) in [5, 5.41) is 21.1. The molecule has 0 saturated heterocycles. The lowest BCUT2D eigenvalue weighted by Crippen LogP contribution is -2.33. The fraction of sp³-hybridized carbons (Fsp3) is 0.300. The van der Waals surface area contributed by atoms with Crippen LogP contribution in [0.4, 0.5) is 11.4 Å². The molecule has 2 unspecified atom stereocenters. The van der Waals surface area contributed by atoms with Crippen LogP contribution in [0.15, 0.2) is 54.3 Å². The van der Waals surface area contributed by atoms with Crippen LogP contribution in [0.5, 0.6) is 0 Å². The largest absolute Gasteiger partial charge is 0.511 e. The van der Waals surface area contributed by atoms with Gasteiger partial charge in [0.15, 0.2) is 0 Å². The number of rotatable bonds is 4. The Kier molecular flexibility index (Phi) is 4.24. The highest BCUT2D eigenvalue weighted by atomic mass is 16.3. The lowest BCUT2D eigenvalue weighted by molar-refractivity contribution is 0.153. The first kappa shape index (κ1) is 16.4. The molecule has 0 bridgehead atoms. The van der Waals surface area contributed by atoms with Crippen LogP contribution in [0.3, 0.4) is 0 Å². The van der Waals surface area contributed by atoms with Gasteiger partial charge in [-0.05, 0) is 35.4 Å². The zero-order valence-corrected chi connectivity index (χ0v) is 14.6. The fourth-order valence-electron chi connectivity index (χ4n) is 3.12. The van der Waals surface area contributed by atoms with Crippen LogP contribution in [0.25, 0.3) is 5.57 Å². The van der Waals surface area contributed by atoms with Crippen molar-refractivity contribution < 1.29 is 10.2 Å². The topological polar surface area (TPSA) is 46.9 Å². The Morgan fingerprint density at radius 1 is 0.750 bits per heavy atom. The van der Waals surface area contributed by atoms with Gasteiger partial charge in [-0.2, -0.15) is 0 Å². The number of hydrogen-bond donors (Lipinski definition) is 2. The summed E-state index contributed by atoms with van der Waals surface area (Å²) in [6, 6.07) is 15.8. The van der Waals surface area contributed by atoms with E-state index in [1.165, 1.54) is 0 Å². The van der Waals surface area contributed by atoms with Crippen molar-refractivity contribution in [1.82, 2.24) is 0 Å². The zero-order chi connectivity index (χ0) is 17.4. The molecule has 0 amide bonds. The van der Waals surface area contributed by atoms with Crippen molar-refractivity contribution >= 4 is 16.9 Å². The van der Waals surface area contributed by atoms with E-state index in [1.807, 2.05) is 86.5 Å². The highest BCUT2D eigenvalue weighted by Crippen LogP contribution is 2.46. The van der Waals surface area contributed by atoms with Crippen LogP contribution < -0.4 is 9.80 Å². The summed E-state index contributed by atoms with van der Waals surface area (Å²) in [4.78, 5) is 4.04. The second-order valence-corrected chi connectivity index (χ2v) is 6.65. The second-order valence-electron chi connectivity index (χ2n) is 6.65. The van der Waals surface area contributed by atoms with Gasteiger partial charge in [0.2, 0.25) is 0 Å². The minimum atomic E-state index is -0.680. The maximum absolute atomic E-state index is 10.6. The SMILES string of the molecule is CN(C)c1ccc(C2=C(O)C(c3ccc(N(C)C)cc3)C2O)cc1. The molecule has 0 radical (unpaired) electrons. The fourth-order valence-corrected chi connectivity index (χ4v) is 3.12. The summed E-state index contributed by atoms with van der Waals surface area (Å²) in [5.41, 5.74) is 4.60. The Bertz CT molecular complexity index is 746. The van der Waals surface area contributed by atoms with Gasteiger partial charge in [-0.1, -0.05) is 24.3 Å². The van der Waals surface area contributed by atoms with E-state index in [0.717, 1.165) is 22.5 Å². The van der Waals surface area contributed by atoms with Crippen molar-refractivity contribution in [3.05, 3.63) is 65.4 Å². The first-order valence-corrected chi connectivity index (χ1v) is 8.06. The smallest absolute Gasteiger partial charge is 0.109 e. The highest BCUT2D eigenvalue weighted by molar-refractivity contribution is 5.80. The quantitative estimate of drug-likeness (QED) is 0.906. The summed E-state index contributed by atoms with van der Waals surface area (Å²) in [6.45, 7) is 0. The summed E-state index contributed by atoms with van der Waals surface area (Å²) in [6.07, 6.45) is -0.680. The van der Waals surface area contributed by atoms with Gasteiger partial charge < -0.3 is 20.0 Å². The van der Waals surface area contributed by atoms with Gasteiger partial charge in [0.1, 0.15) is 5.76 Å². The average Bonchev–Trinajstić information content (AvgIpc) is 2.56. The molecule has 2 N–H and O–H groups in total. The monoisotopic (exact) mass is 324 g/mol. The summed E-state index contributed by atoms with van der Waals surface area (Å²) in [7, 11) is 7.94. The van der Waals surface area contributed by atoms with Crippen molar-refractivity contribution in [3.8, 4) is 0 Å². The third-order valence-corrected chi connectivity index (χ3v) is 4.65. The van der Waals surface area contributed by atoms with Crippen LogP contribution in [-0.4, -0.2) is 44.5 Å². The number of aliphatic hydroxyl groups is 2. The number of benzene rings is 2. The van der Waals surface area contributed by atoms with Gasteiger partial charge in [-0.15, -0.1) is 0 Å². The summed E-state index contributed by atoms with van der Waals surface area (Å²) >= 11 is 0. The molecule has 3 rings (SSSR count). The molecule has 126 valence electrons. The molecule has 0 fully saturated rings. The third kappa shape index (κ3) is 2.74. The van der Waals surface area contributed by atoms with E-state index in [4.69, 9.17) is 0 Å². The second kappa shape index (κ2) is 6.21. The Morgan fingerprint density at radius 2 is 1.21 bits per heavy atom. The first-order chi connectivity index (χ1) is 11.4. The van der Waals surface area contributed by atoms with Crippen LogP contribution >= 0.6 is 0 Å². The number of hydrogen-bond acceptors (Lipinski definition) is 4. The molecule has 0 aromatic heterocycles. The van der Waals surface area contributed by atoms with Crippen LogP contribution in [0.2, 0.25) is 0 Å². The van der Waals surface area contributed by atoms with Crippen LogP contribution in [-0.2, 0) is 0 Å². The molecule has 0 saturated carbocycles. The predicted octanol–water partition coefficient (Wildman–Crippen LogP) is 3.25. The van der Waals surface area contributed by atoms with E-state index >= 15 is 0 Å². The van der Waals surface area contributed by atoms with E-state index in [0.29, 0.717) is 5.57 Å². The predicted molar refractivity (Wildman–Crippen MR) is 99.8 cm³/mol. The Hall–Kier alpha value is -2.46. The summed E-state index contributed by atoms with van der Waals surface area (Å²) < 4.78 is 0. The van der Waals surface area contributed by atoms with E-state index in [1.54, 1.807) is 0 Å². The number of anilines is 2. The van der Waals surface area contributed by atoms with E-state index in [9.17, 15) is 10.2 Å². The Labute approximate surface area is 143 Å². The van der Waals surface area contributed by atoms with Crippen molar-refractivity contribution in [1.29, 1.82) is 0 Å².